The minimum atomic E-state index is -0.359. The van der Waals surface area contributed by atoms with Crippen LogP contribution in [0.2, 0.25) is 0 Å². The molecular weight excluding hydrogens is 371 g/mol. The van der Waals surface area contributed by atoms with Crippen LogP contribution in [0.15, 0.2) is 54.6 Å². The molecule has 0 unspecified atom stereocenters. The molecule has 1 aromatic heterocycles. The summed E-state index contributed by atoms with van der Waals surface area (Å²) in [6.07, 6.45) is 0.0784. The molecule has 3 aromatic rings. The fourth-order valence-electron chi connectivity index (χ4n) is 2.66. The molecule has 0 atom stereocenters. The summed E-state index contributed by atoms with van der Waals surface area (Å²) in [7, 11) is 0. The molecule has 1 amide bonds. The molecule has 2 aromatic carbocycles. The average Bonchev–Trinajstić information content (AvgIpc) is 2.68. The number of carbonyl (C=O) groups is 1. The Kier molecular flexibility index (Phi) is 6.39. The molecule has 0 aliphatic rings. The van der Waals surface area contributed by atoms with E-state index >= 15 is 0 Å². The Balaban J connectivity index is 1.68. The number of aryl methyl sites for hydroxylation is 1. The third kappa shape index (κ3) is 5.75. The molecule has 2 N–H and O–H groups in total. The van der Waals surface area contributed by atoms with Crippen molar-refractivity contribution < 1.29 is 13.9 Å². The van der Waals surface area contributed by atoms with Gasteiger partial charge in [-0.15, -0.1) is 0 Å². The van der Waals surface area contributed by atoms with Crippen molar-refractivity contribution in [2.75, 3.05) is 10.6 Å². The summed E-state index contributed by atoms with van der Waals surface area (Å²) in [6, 6.07) is 15.2. The van der Waals surface area contributed by atoms with Crippen LogP contribution in [0.4, 0.5) is 16.0 Å². The van der Waals surface area contributed by atoms with Crippen LogP contribution in [0.25, 0.3) is 0 Å². The number of amides is 1. The first-order valence-electron chi connectivity index (χ1n) is 9.32. The Labute approximate surface area is 169 Å². The number of halogens is 1. The van der Waals surface area contributed by atoms with Crippen molar-refractivity contribution in [3.05, 3.63) is 77.4 Å². The summed E-state index contributed by atoms with van der Waals surface area (Å²) < 4.78 is 19.4. The van der Waals surface area contributed by atoms with E-state index in [2.05, 4.69) is 20.6 Å². The van der Waals surface area contributed by atoms with E-state index in [1.54, 1.807) is 55.5 Å². The Hall–Kier alpha value is -3.48. The number of benzene rings is 2. The Morgan fingerprint density at radius 1 is 1.10 bits per heavy atom. The lowest BCUT2D eigenvalue weighted by Crippen LogP contribution is -2.16. The van der Waals surface area contributed by atoms with E-state index in [0.29, 0.717) is 16.9 Å². The van der Waals surface area contributed by atoms with Crippen molar-refractivity contribution >= 4 is 17.5 Å². The van der Waals surface area contributed by atoms with E-state index in [0.717, 1.165) is 5.75 Å². The van der Waals surface area contributed by atoms with Gasteiger partial charge in [0.25, 0.3) is 5.91 Å². The van der Waals surface area contributed by atoms with Crippen molar-refractivity contribution in [1.29, 1.82) is 0 Å². The van der Waals surface area contributed by atoms with Gasteiger partial charge < -0.3 is 15.4 Å². The molecule has 0 radical (unpaired) electrons. The third-order valence-electron chi connectivity index (χ3n) is 3.97. The number of nitrogens with one attached hydrogen (secondary N) is 2. The molecule has 0 aliphatic carbocycles. The van der Waals surface area contributed by atoms with Crippen LogP contribution in [-0.2, 0) is 6.54 Å². The molecule has 0 fully saturated rings. The minimum Gasteiger partial charge on any atom is -0.491 e. The SMILES string of the molecule is Cc1cc(C(=O)Nc2ccc(OC(C)C)cc2)nc(NCc2ccccc2F)n1. The van der Waals surface area contributed by atoms with E-state index in [1.165, 1.54) is 6.07 Å². The van der Waals surface area contributed by atoms with Gasteiger partial charge in [-0.25, -0.2) is 14.4 Å². The normalized spacial score (nSPS) is 10.7. The zero-order chi connectivity index (χ0) is 20.8. The van der Waals surface area contributed by atoms with E-state index in [1.807, 2.05) is 13.8 Å². The van der Waals surface area contributed by atoms with Gasteiger partial charge in [0, 0.05) is 23.5 Å². The lowest BCUT2D eigenvalue weighted by molar-refractivity contribution is 0.102. The second kappa shape index (κ2) is 9.14. The number of hydrogen-bond acceptors (Lipinski definition) is 5. The standard InChI is InChI=1S/C22H23FN4O2/c1-14(2)29-18-10-8-17(9-11-18)26-21(28)20-12-15(3)25-22(27-20)24-13-16-6-4-5-7-19(16)23/h4-12,14H,13H2,1-3H3,(H,26,28)(H,24,25,27). The Morgan fingerprint density at radius 3 is 2.52 bits per heavy atom. The molecule has 150 valence electrons. The number of nitrogens with zero attached hydrogens (tertiary/aromatic N) is 2. The van der Waals surface area contributed by atoms with Gasteiger partial charge in [-0.05, 0) is 57.2 Å². The number of ether oxygens (including phenoxy) is 1. The van der Waals surface area contributed by atoms with Crippen molar-refractivity contribution in [2.45, 2.75) is 33.4 Å². The third-order valence-corrected chi connectivity index (χ3v) is 3.97. The van der Waals surface area contributed by atoms with Gasteiger partial charge >= 0.3 is 0 Å². The van der Waals surface area contributed by atoms with Gasteiger partial charge in [0.1, 0.15) is 17.3 Å². The topological polar surface area (TPSA) is 76.1 Å². The van der Waals surface area contributed by atoms with Crippen LogP contribution in [0, 0.1) is 12.7 Å². The zero-order valence-corrected chi connectivity index (χ0v) is 16.6. The van der Waals surface area contributed by atoms with Gasteiger partial charge in [-0.2, -0.15) is 0 Å². The van der Waals surface area contributed by atoms with Crippen molar-refractivity contribution in [3.8, 4) is 5.75 Å². The fraction of sp³-hybridized carbons (Fsp3) is 0.227. The summed E-state index contributed by atoms with van der Waals surface area (Å²) in [5.74, 6) is 0.326. The maximum Gasteiger partial charge on any atom is 0.274 e. The smallest absolute Gasteiger partial charge is 0.274 e. The summed E-state index contributed by atoms with van der Waals surface area (Å²) in [6.45, 7) is 5.88. The highest BCUT2D eigenvalue weighted by Gasteiger charge is 2.12. The number of anilines is 2. The van der Waals surface area contributed by atoms with E-state index in [4.69, 9.17) is 4.74 Å². The molecule has 1 heterocycles. The molecule has 0 spiro atoms. The van der Waals surface area contributed by atoms with Gasteiger partial charge in [0.05, 0.1) is 6.10 Å². The molecule has 0 saturated carbocycles. The molecule has 3 rings (SSSR count). The largest absolute Gasteiger partial charge is 0.491 e. The maximum absolute atomic E-state index is 13.8. The first-order valence-corrected chi connectivity index (χ1v) is 9.32. The summed E-state index contributed by atoms with van der Waals surface area (Å²) >= 11 is 0. The maximum atomic E-state index is 13.8. The highest BCUT2D eigenvalue weighted by Crippen LogP contribution is 2.18. The van der Waals surface area contributed by atoms with Crippen LogP contribution >= 0.6 is 0 Å². The number of hydrogen-bond donors (Lipinski definition) is 2. The quantitative estimate of drug-likeness (QED) is 0.614. The van der Waals surface area contributed by atoms with Gasteiger partial charge in [0.2, 0.25) is 5.95 Å². The second-order valence-electron chi connectivity index (χ2n) is 6.81. The predicted octanol–water partition coefficient (Wildman–Crippen LogP) is 4.58. The zero-order valence-electron chi connectivity index (χ0n) is 16.6. The summed E-state index contributed by atoms with van der Waals surface area (Å²) in [5, 5.41) is 5.77. The monoisotopic (exact) mass is 394 g/mol. The van der Waals surface area contributed by atoms with Crippen molar-refractivity contribution in [1.82, 2.24) is 9.97 Å². The second-order valence-corrected chi connectivity index (χ2v) is 6.81. The van der Waals surface area contributed by atoms with Crippen LogP contribution in [0.3, 0.4) is 0 Å². The minimum absolute atomic E-state index is 0.0784. The van der Waals surface area contributed by atoms with E-state index < -0.39 is 0 Å². The van der Waals surface area contributed by atoms with E-state index in [9.17, 15) is 9.18 Å². The highest BCUT2D eigenvalue weighted by molar-refractivity contribution is 6.03. The van der Waals surface area contributed by atoms with Crippen LogP contribution < -0.4 is 15.4 Å². The molecule has 0 aliphatic heterocycles. The molecule has 0 saturated heterocycles. The summed E-state index contributed by atoms with van der Waals surface area (Å²) in [4.78, 5) is 21.1. The first-order chi connectivity index (χ1) is 13.9. The molecule has 7 heteroatoms. The predicted molar refractivity (Wildman–Crippen MR) is 111 cm³/mol. The van der Waals surface area contributed by atoms with Gasteiger partial charge in [-0.1, -0.05) is 18.2 Å². The lowest BCUT2D eigenvalue weighted by Gasteiger charge is -2.11. The molecular formula is C22H23FN4O2. The van der Waals surface area contributed by atoms with Crippen molar-refractivity contribution in [2.24, 2.45) is 0 Å². The average molecular weight is 394 g/mol. The van der Waals surface area contributed by atoms with Crippen LogP contribution in [0.5, 0.6) is 5.75 Å². The fourth-order valence-corrected chi connectivity index (χ4v) is 2.66. The van der Waals surface area contributed by atoms with Crippen molar-refractivity contribution in [3.63, 3.8) is 0 Å². The van der Waals surface area contributed by atoms with E-state index in [-0.39, 0.29) is 36.0 Å². The van der Waals surface area contributed by atoms with Gasteiger partial charge in [0.15, 0.2) is 0 Å². The highest BCUT2D eigenvalue weighted by atomic mass is 19.1. The Bertz CT molecular complexity index is 990. The molecule has 6 nitrogen and oxygen atoms in total. The first kappa shape index (κ1) is 20.3. The Morgan fingerprint density at radius 2 is 1.83 bits per heavy atom. The van der Waals surface area contributed by atoms with Crippen LogP contribution in [0.1, 0.15) is 35.6 Å². The molecule has 0 bridgehead atoms. The number of aromatic nitrogens is 2. The summed E-state index contributed by atoms with van der Waals surface area (Å²) in [5.41, 5.74) is 1.97. The number of carbonyl (C=O) groups excluding carboxylic acids is 1. The van der Waals surface area contributed by atoms with Crippen LogP contribution in [-0.4, -0.2) is 22.0 Å². The molecule has 29 heavy (non-hydrogen) atoms. The number of rotatable bonds is 7. The lowest BCUT2D eigenvalue weighted by atomic mass is 10.2. The van der Waals surface area contributed by atoms with Gasteiger partial charge in [-0.3, -0.25) is 4.79 Å².